The van der Waals surface area contributed by atoms with Gasteiger partial charge < -0.3 is 15.1 Å². The fourth-order valence-corrected chi connectivity index (χ4v) is 5.35. The van der Waals surface area contributed by atoms with Crippen LogP contribution < -0.4 is 5.32 Å². The van der Waals surface area contributed by atoms with Crippen LogP contribution >= 0.6 is 0 Å². The lowest BCUT2D eigenvalue weighted by atomic mass is 10.2. The van der Waals surface area contributed by atoms with Crippen molar-refractivity contribution in [3.63, 3.8) is 0 Å². The molecule has 4 rings (SSSR count). The number of hydrogen-bond acceptors (Lipinski definition) is 5. The van der Waals surface area contributed by atoms with Gasteiger partial charge in [0.1, 0.15) is 0 Å². The van der Waals surface area contributed by atoms with Crippen molar-refractivity contribution >= 4 is 27.6 Å². The smallest absolute Gasteiger partial charge is 0.261 e. The summed E-state index contributed by atoms with van der Waals surface area (Å²) in [5.74, 6) is -1.55. The van der Waals surface area contributed by atoms with E-state index in [9.17, 15) is 22.8 Å². The van der Waals surface area contributed by atoms with E-state index in [0.29, 0.717) is 5.56 Å². The quantitative estimate of drug-likeness (QED) is 0.569. The molecule has 1 fully saturated rings. The van der Waals surface area contributed by atoms with Gasteiger partial charge in [-0.05, 0) is 36.4 Å². The Hall–Kier alpha value is -3.98. The van der Waals surface area contributed by atoms with Gasteiger partial charge >= 0.3 is 0 Å². The van der Waals surface area contributed by atoms with Crippen LogP contribution in [-0.2, 0) is 14.6 Å². The van der Waals surface area contributed by atoms with Gasteiger partial charge in [-0.3, -0.25) is 14.4 Å². The molecule has 9 heteroatoms. The zero-order valence-electron chi connectivity index (χ0n) is 18.9. The number of benzene rings is 3. The third kappa shape index (κ3) is 5.41. The van der Waals surface area contributed by atoms with Crippen LogP contribution in [0.15, 0.2) is 95.9 Å². The number of carbonyl (C=O) groups excluding carboxylic acids is 3. The highest BCUT2D eigenvalue weighted by Crippen LogP contribution is 2.18. The summed E-state index contributed by atoms with van der Waals surface area (Å²) in [5.41, 5.74) is 0.791. The molecule has 0 aromatic heterocycles. The van der Waals surface area contributed by atoms with Crippen molar-refractivity contribution in [1.82, 2.24) is 15.1 Å². The van der Waals surface area contributed by atoms with E-state index in [1.807, 2.05) is 6.07 Å². The molecule has 3 aromatic carbocycles. The lowest BCUT2D eigenvalue weighted by Crippen LogP contribution is -2.57. The summed E-state index contributed by atoms with van der Waals surface area (Å²) in [5, 5.41) is 0.633. The topological polar surface area (TPSA) is 104 Å². The maximum Gasteiger partial charge on any atom is 0.261 e. The highest BCUT2D eigenvalue weighted by atomic mass is 32.2. The molecule has 0 radical (unpaired) electrons. The molecule has 1 aliphatic heterocycles. The van der Waals surface area contributed by atoms with Gasteiger partial charge in [-0.2, -0.15) is 0 Å². The Kier molecular flexibility index (Phi) is 7.26. The molecule has 1 unspecified atom stereocenters. The van der Waals surface area contributed by atoms with Crippen LogP contribution in [0.1, 0.15) is 20.7 Å². The molecule has 1 atom stereocenters. The van der Waals surface area contributed by atoms with E-state index in [2.05, 4.69) is 5.32 Å². The van der Waals surface area contributed by atoms with Gasteiger partial charge in [0.15, 0.2) is 0 Å². The first-order valence-electron chi connectivity index (χ1n) is 11.2. The van der Waals surface area contributed by atoms with Crippen molar-refractivity contribution in [3.8, 4) is 0 Å². The summed E-state index contributed by atoms with van der Waals surface area (Å²) in [6, 6.07) is 24.5. The molecule has 0 saturated carbocycles. The number of piperazine rings is 1. The van der Waals surface area contributed by atoms with E-state index >= 15 is 0 Å². The van der Waals surface area contributed by atoms with E-state index in [1.54, 1.807) is 77.7 Å². The summed E-state index contributed by atoms with van der Waals surface area (Å²) in [4.78, 5) is 41.9. The van der Waals surface area contributed by atoms with Crippen LogP contribution in [0, 0.1) is 0 Å². The number of hydrogen-bond donors (Lipinski definition) is 1. The third-order valence-electron chi connectivity index (χ3n) is 5.80. The average molecular weight is 492 g/mol. The second-order valence-corrected chi connectivity index (χ2v) is 10.1. The predicted molar refractivity (Wildman–Crippen MR) is 130 cm³/mol. The SMILES string of the molecule is O=C(NC(C(=O)N1CCN(C(=O)c2ccccc2)CC1)S(=O)(=O)c1ccccc1)c1ccccc1. The van der Waals surface area contributed by atoms with Crippen LogP contribution in [0.5, 0.6) is 0 Å². The molecule has 1 saturated heterocycles. The summed E-state index contributed by atoms with van der Waals surface area (Å²) in [6.07, 6.45) is 0. The summed E-state index contributed by atoms with van der Waals surface area (Å²) in [7, 11) is -4.23. The molecule has 3 aromatic rings. The van der Waals surface area contributed by atoms with E-state index in [4.69, 9.17) is 0 Å². The molecule has 1 aliphatic rings. The lowest BCUT2D eigenvalue weighted by molar-refractivity contribution is -0.132. The van der Waals surface area contributed by atoms with Crippen molar-refractivity contribution in [3.05, 3.63) is 102 Å². The summed E-state index contributed by atoms with van der Waals surface area (Å²) in [6.45, 7) is 0.813. The minimum absolute atomic E-state index is 0.0652. The van der Waals surface area contributed by atoms with Gasteiger partial charge in [0.05, 0.1) is 4.90 Å². The Morgan fingerprint density at radius 1 is 0.657 bits per heavy atom. The number of carbonyl (C=O) groups is 3. The standard InChI is InChI=1S/C26H25N3O5S/c30-23(20-10-4-1-5-11-20)27-24(35(33,34)22-14-8-3-9-15-22)26(32)29-18-16-28(17-19-29)25(31)21-12-6-2-7-13-21/h1-15,24H,16-19H2,(H,27,30). The van der Waals surface area contributed by atoms with Crippen LogP contribution in [0.4, 0.5) is 0 Å². The molecule has 1 heterocycles. The molecule has 0 aliphatic carbocycles. The van der Waals surface area contributed by atoms with E-state index in [0.717, 1.165) is 0 Å². The Morgan fingerprint density at radius 3 is 1.66 bits per heavy atom. The first kappa shape index (κ1) is 24.2. The molecule has 180 valence electrons. The minimum atomic E-state index is -4.23. The Balaban J connectivity index is 1.54. The van der Waals surface area contributed by atoms with Crippen LogP contribution in [-0.4, -0.2) is 67.5 Å². The Morgan fingerprint density at radius 2 is 1.11 bits per heavy atom. The monoisotopic (exact) mass is 491 g/mol. The lowest BCUT2D eigenvalue weighted by Gasteiger charge is -2.36. The maximum absolute atomic E-state index is 13.5. The number of nitrogens with zero attached hydrogens (tertiary/aromatic N) is 2. The Labute approximate surface area is 204 Å². The van der Waals surface area contributed by atoms with E-state index < -0.39 is 27.0 Å². The maximum atomic E-state index is 13.5. The van der Waals surface area contributed by atoms with Crippen LogP contribution in [0.3, 0.4) is 0 Å². The number of rotatable bonds is 6. The Bertz CT molecular complexity index is 1290. The van der Waals surface area contributed by atoms with Gasteiger partial charge in [0.25, 0.3) is 17.7 Å². The molecular weight excluding hydrogens is 466 g/mol. The second-order valence-electron chi connectivity index (χ2n) is 8.06. The fourth-order valence-electron chi connectivity index (χ4n) is 3.87. The third-order valence-corrected chi connectivity index (χ3v) is 7.67. The number of nitrogens with one attached hydrogen (secondary N) is 1. The second kappa shape index (κ2) is 10.5. The molecule has 0 bridgehead atoms. The first-order chi connectivity index (χ1) is 16.9. The molecule has 35 heavy (non-hydrogen) atoms. The van der Waals surface area contributed by atoms with Crippen LogP contribution in [0.2, 0.25) is 0 Å². The normalized spacial score (nSPS) is 14.7. The van der Waals surface area contributed by atoms with Gasteiger partial charge in [0, 0.05) is 37.3 Å². The number of amides is 3. The molecule has 0 spiro atoms. The number of sulfone groups is 1. The van der Waals surface area contributed by atoms with Crippen molar-refractivity contribution in [2.24, 2.45) is 0 Å². The molecule has 1 N–H and O–H groups in total. The van der Waals surface area contributed by atoms with Gasteiger partial charge in [0.2, 0.25) is 15.2 Å². The van der Waals surface area contributed by atoms with Gasteiger partial charge in [-0.25, -0.2) is 8.42 Å². The highest BCUT2D eigenvalue weighted by Gasteiger charge is 2.39. The summed E-state index contributed by atoms with van der Waals surface area (Å²) < 4.78 is 26.8. The minimum Gasteiger partial charge on any atom is -0.336 e. The van der Waals surface area contributed by atoms with Crippen molar-refractivity contribution < 1.29 is 22.8 Å². The van der Waals surface area contributed by atoms with Crippen LogP contribution in [0.25, 0.3) is 0 Å². The van der Waals surface area contributed by atoms with Crippen molar-refractivity contribution in [2.75, 3.05) is 26.2 Å². The zero-order valence-corrected chi connectivity index (χ0v) is 19.7. The molecular formula is C26H25N3O5S. The molecule has 3 amide bonds. The van der Waals surface area contributed by atoms with Gasteiger partial charge in [-0.15, -0.1) is 0 Å². The van der Waals surface area contributed by atoms with E-state index in [-0.39, 0.29) is 42.5 Å². The summed E-state index contributed by atoms with van der Waals surface area (Å²) >= 11 is 0. The van der Waals surface area contributed by atoms with Gasteiger partial charge in [-0.1, -0.05) is 54.6 Å². The zero-order chi connectivity index (χ0) is 24.8. The molecule has 8 nitrogen and oxygen atoms in total. The van der Waals surface area contributed by atoms with Crippen molar-refractivity contribution in [1.29, 1.82) is 0 Å². The average Bonchev–Trinajstić information content (AvgIpc) is 2.92. The van der Waals surface area contributed by atoms with E-state index in [1.165, 1.54) is 17.0 Å². The van der Waals surface area contributed by atoms with Crippen molar-refractivity contribution in [2.45, 2.75) is 10.3 Å². The first-order valence-corrected chi connectivity index (χ1v) is 12.7. The highest BCUT2D eigenvalue weighted by molar-refractivity contribution is 7.92. The fraction of sp³-hybridized carbons (Fsp3) is 0.192. The predicted octanol–water partition coefficient (Wildman–Crippen LogP) is 2.20. The largest absolute Gasteiger partial charge is 0.336 e.